The Kier molecular flexibility index (Phi) is 3.59. The van der Waals surface area contributed by atoms with E-state index >= 15 is 0 Å². The van der Waals surface area contributed by atoms with Crippen LogP contribution in [-0.2, 0) is 0 Å². The summed E-state index contributed by atoms with van der Waals surface area (Å²) in [7, 11) is 0. The number of hydrogen-bond acceptors (Lipinski definition) is 1. The number of hydrogen-bond donors (Lipinski definition) is 1. The molecule has 0 saturated carbocycles. The van der Waals surface area contributed by atoms with Crippen molar-refractivity contribution in [1.82, 2.24) is 0 Å². The molecule has 0 aliphatic heterocycles. The molecule has 0 heterocycles. The standard InChI is InChI=1S/C12H27N/c1-8-10(3,4)11(5,6)12(7,13)9-2/h8-9,13H2,1-7H3. The van der Waals surface area contributed by atoms with Crippen LogP contribution in [0.1, 0.15) is 61.3 Å². The first-order chi connectivity index (χ1) is 5.62. The van der Waals surface area contributed by atoms with E-state index < -0.39 is 0 Å². The molecule has 0 aromatic carbocycles. The normalized spacial score (nSPS) is 18.5. The molecule has 2 N–H and O–H groups in total. The van der Waals surface area contributed by atoms with Crippen LogP contribution in [0, 0.1) is 10.8 Å². The summed E-state index contributed by atoms with van der Waals surface area (Å²) in [6.45, 7) is 15.8. The van der Waals surface area contributed by atoms with Crippen molar-refractivity contribution < 1.29 is 0 Å². The summed E-state index contributed by atoms with van der Waals surface area (Å²) in [5.74, 6) is 0. The minimum atomic E-state index is -0.0769. The van der Waals surface area contributed by atoms with Crippen molar-refractivity contribution in [3.8, 4) is 0 Å². The topological polar surface area (TPSA) is 26.0 Å². The molecule has 0 aromatic heterocycles. The molecule has 1 unspecified atom stereocenters. The van der Waals surface area contributed by atoms with Crippen molar-refractivity contribution in [1.29, 1.82) is 0 Å². The van der Waals surface area contributed by atoms with Gasteiger partial charge in [-0.2, -0.15) is 0 Å². The van der Waals surface area contributed by atoms with E-state index in [9.17, 15) is 0 Å². The second-order valence-corrected chi connectivity index (χ2v) is 5.63. The third-order valence-corrected chi connectivity index (χ3v) is 4.74. The van der Waals surface area contributed by atoms with E-state index in [1.54, 1.807) is 0 Å². The molecule has 0 bridgehead atoms. The van der Waals surface area contributed by atoms with Crippen LogP contribution in [0.3, 0.4) is 0 Å². The minimum absolute atomic E-state index is 0.0769. The number of nitrogens with two attached hydrogens (primary N) is 1. The Hall–Kier alpha value is -0.0400. The van der Waals surface area contributed by atoms with Gasteiger partial charge in [-0.05, 0) is 24.2 Å². The van der Waals surface area contributed by atoms with Gasteiger partial charge in [0.15, 0.2) is 0 Å². The first-order valence-corrected chi connectivity index (χ1v) is 5.41. The average molecular weight is 185 g/mol. The van der Waals surface area contributed by atoms with E-state index in [0.717, 1.165) is 6.42 Å². The van der Waals surface area contributed by atoms with Gasteiger partial charge in [0.25, 0.3) is 0 Å². The van der Waals surface area contributed by atoms with Crippen LogP contribution in [0.4, 0.5) is 0 Å². The Bertz CT molecular complexity index is 148. The Labute approximate surface area is 84.1 Å². The molecule has 0 aromatic rings. The molecule has 0 radical (unpaired) electrons. The minimum Gasteiger partial charge on any atom is -0.325 e. The first kappa shape index (κ1) is 13.0. The van der Waals surface area contributed by atoms with E-state index in [0.29, 0.717) is 5.41 Å². The molecule has 0 aliphatic carbocycles. The SMILES string of the molecule is CCC(C)(C)C(C)(C)C(C)(N)CC. The summed E-state index contributed by atoms with van der Waals surface area (Å²) in [5, 5.41) is 0. The molecule has 1 atom stereocenters. The van der Waals surface area contributed by atoms with Gasteiger partial charge in [0.2, 0.25) is 0 Å². The maximum Gasteiger partial charge on any atom is 0.0179 e. The van der Waals surface area contributed by atoms with Gasteiger partial charge >= 0.3 is 0 Å². The van der Waals surface area contributed by atoms with Crippen molar-refractivity contribution in [3.63, 3.8) is 0 Å². The third kappa shape index (κ3) is 2.07. The predicted octanol–water partition coefficient (Wildman–Crippen LogP) is 3.58. The molecular weight excluding hydrogens is 158 g/mol. The van der Waals surface area contributed by atoms with E-state index in [-0.39, 0.29) is 11.0 Å². The van der Waals surface area contributed by atoms with Crippen LogP contribution in [-0.4, -0.2) is 5.54 Å². The molecule has 0 rings (SSSR count). The average Bonchev–Trinajstić information content (AvgIpc) is 2.03. The summed E-state index contributed by atoms with van der Waals surface area (Å²) in [6, 6.07) is 0. The molecule has 0 fully saturated rings. The van der Waals surface area contributed by atoms with Crippen LogP contribution in [0.15, 0.2) is 0 Å². The van der Waals surface area contributed by atoms with Gasteiger partial charge < -0.3 is 5.73 Å². The maximum absolute atomic E-state index is 6.36. The fourth-order valence-electron chi connectivity index (χ4n) is 1.66. The van der Waals surface area contributed by atoms with E-state index in [2.05, 4.69) is 48.5 Å². The smallest absolute Gasteiger partial charge is 0.0179 e. The summed E-state index contributed by atoms with van der Waals surface area (Å²) in [5.41, 5.74) is 6.75. The van der Waals surface area contributed by atoms with Crippen LogP contribution in [0.25, 0.3) is 0 Å². The Morgan fingerprint density at radius 2 is 1.23 bits per heavy atom. The quantitative estimate of drug-likeness (QED) is 0.712. The van der Waals surface area contributed by atoms with Gasteiger partial charge in [-0.25, -0.2) is 0 Å². The van der Waals surface area contributed by atoms with Crippen LogP contribution in [0.2, 0.25) is 0 Å². The number of rotatable bonds is 4. The Morgan fingerprint density at radius 3 is 1.46 bits per heavy atom. The van der Waals surface area contributed by atoms with E-state index in [1.807, 2.05) is 0 Å². The summed E-state index contributed by atoms with van der Waals surface area (Å²) >= 11 is 0. The second kappa shape index (κ2) is 3.61. The highest BCUT2D eigenvalue weighted by atomic mass is 14.8. The first-order valence-electron chi connectivity index (χ1n) is 5.41. The van der Waals surface area contributed by atoms with E-state index in [4.69, 9.17) is 5.73 Å². The molecule has 0 aliphatic rings. The lowest BCUT2D eigenvalue weighted by molar-refractivity contribution is 0.0204. The largest absolute Gasteiger partial charge is 0.325 e. The van der Waals surface area contributed by atoms with Gasteiger partial charge in [0, 0.05) is 5.54 Å². The highest BCUT2D eigenvalue weighted by Gasteiger charge is 2.46. The third-order valence-electron chi connectivity index (χ3n) is 4.74. The highest BCUT2D eigenvalue weighted by molar-refractivity contribution is 5.00. The van der Waals surface area contributed by atoms with Crippen molar-refractivity contribution >= 4 is 0 Å². The molecular formula is C12H27N. The van der Waals surface area contributed by atoms with Gasteiger partial charge in [-0.3, -0.25) is 0 Å². The van der Waals surface area contributed by atoms with Crippen molar-refractivity contribution in [2.45, 2.75) is 66.8 Å². The lowest BCUT2D eigenvalue weighted by Crippen LogP contribution is -2.56. The van der Waals surface area contributed by atoms with E-state index in [1.165, 1.54) is 6.42 Å². The van der Waals surface area contributed by atoms with Gasteiger partial charge in [0.05, 0.1) is 0 Å². The highest BCUT2D eigenvalue weighted by Crippen LogP contribution is 2.48. The summed E-state index contributed by atoms with van der Waals surface area (Å²) in [4.78, 5) is 0. The molecule has 80 valence electrons. The summed E-state index contributed by atoms with van der Waals surface area (Å²) in [6.07, 6.45) is 2.20. The lowest BCUT2D eigenvalue weighted by Gasteiger charge is -2.51. The lowest BCUT2D eigenvalue weighted by atomic mass is 9.56. The van der Waals surface area contributed by atoms with Gasteiger partial charge in [-0.1, -0.05) is 48.0 Å². The van der Waals surface area contributed by atoms with Crippen molar-refractivity contribution in [3.05, 3.63) is 0 Å². The zero-order chi connectivity index (χ0) is 10.9. The molecule has 0 saturated heterocycles. The van der Waals surface area contributed by atoms with Gasteiger partial charge in [-0.15, -0.1) is 0 Å². The Morgan fingerprint density at radius 1 is 0.846 bits per heavy atom. The molecule has 1 nitrogen and oxygen atoms in total. The molecule has 13 heavy (non-hydrogen) atoms. The second-order valence-electron chi connectivity index (χ2n) is 5.63. The molecule has 1 heteroatoms. The molecule has 0 amide bonds. The Balaban J connectivity index is 4.95. The van der Waals surface area contributed by atoms with Crippen LogP contribution < -0.4 is 5.73 Å². The zero-order valence-electron chi connectivity index (χ0n) is 10.5. The predicted molar refractivity (Wildman–Crippen MR) is 60.7 cm³/mol. The molecule has 0 spiro atoms. The summed E-state index contributed by atoms with van der Waals surface area (Å²) < 4.78 is 0. The monoisotopic (exact) mass is 185 g/mol. The van der Waals surface area contributed by atoms with Gasteiger partial charge in [0.1, 0.15) is 0 Å². The van der Waals surface area contributed by atoms with Crippen LogP contribution in [0.5, 0.6) is 0 Å². The zero-order valence-corrected chi connectivity index (χ0v) is 10.5. The fourth-order valence-corrected chi connectivity index (χ4v) is 1.66. The van der Waals surface area contributed by atoms with Crippen molar-refractivity contribution in [2.24, 2.45) is 16.6 Å². The fraction of sp³-hybridized carbons (Fsp3) is 1.00. The van der Waals surface area contributed by atoms with Crippen LogP contribution >= 0.6 is 0 Å². The van der Waals surface area contributed by atoms with Crippen molar-refractivity contribution in [2.75, 3.05) is 0 Å². The maximum atomic E-state index is 6.36.